The van der Waals surface area contributed by atoms with Crippen LogP contribution in [0.15, 0.2) is 0 Å². The van der Waals surface area contributed by atoms with Gasteiger partial charge in [0, 0.05) is 0 Å². The van der Waals surface area contributed by atoms with Crippen molar-refractivity contribution < 1.29 is 14.9 Å². The van der Waals surface area contributed by atoms with Crippen molar-refractivity contribution in [2.24, 2.45) is 40.4 Å². The van der Waals surface area contributed by atoms with Gasteiger partial charge in [0.15, 0.2) is 0 Å². The molecule has 0 aromatic rings. The van der Waals surface area contributed by atoms with Gasteiger partial charge in [-0.3, -0.25) is 0 Å². The van der Waals surface area contributed by atoms with E-state index in [0.29, 0.717) is 29.5 Å². The van der Waals surface area contributed by atoms with Gasteiger partial charge in [-0.1, -0.05) is 27.7 Å². The Kier molecular flexibility index (Phi) is 5.46. The number of ether oxygens (including phenoxy) is 1. The van der Waals surface area contributed by atoms with Crippen LogP contribution in [0.5, 0.6) is 0 Å². The molecule has 0 aromatic heterocycles. The van der Waals surface area contributed by atoms with Crippen molar-refractivity contribution >= 4 is 0 Å². The molecule has 3 heteroatoms. The summed E-state index contributed by atoms with van der Waals surface area (Å²) in [5.74, 6) is 3.43. The van der Waals surface area contributed by atoms with E-state index in [1.54, 1.807) is 0 Å². The van der Waals surface area contributed by atoms with E-state index in [4.69, 9.17) is 4.74 Å². The highest BCUT2D eigenvalue weighted by molar-refractivity contribution is 5.10. The first-order chi connectivity index (χ1) is 13.1. The van der Waals surface area contributed by atoms with E-state index in [0.717, 1.165) is 30.6 Å². The van der Waals surface area contributed by atoms with Gasteiger partial charge in [0.2, 0.25) is 0 Å². The minimum Gasteiger partial charge on any atom is -0.390 e. The number of aliphatic hydroxyl groups is 2. The second-order valence-corrected chi connectivity index (χ2v) is 12.1. The van der Waals surface area contributed by atoms with Crippen molar-refractivity contribution in [1.82, 2.24) is 0 Å². The lowest BCUT2D eigenvalue weighted by atomic mass is 9.44. The van der Waals surface area contributed by atoms with Crippen molar-refractivity contribution in [3.8, 4) is 0 Å². The molecular weight excluding hydrogens is 348 g/mol. The van der Waals surface area contributed by atoms with Gasteiger partial charge in [-0.15, -0.1) is 0 Å². The standard InChI is InChI=1S/C25H44O3/c1-16(2)21(26)15-28-22-9-8-19-18-7-6-17-14-23(3,27)12-13-24(17,4)20(18)10-11-25(19,22)5/h16-22,26-27H,6-15H2,1-5H3/t17-,18?,19?,20?,21?,22-,23-,24-,25-/m0/s1. The summed E-state index contributed by atoms with van der Waals surface area (Å²) >= 11 is 0. The predicted octanol–water partition coefficient (Wildman–Crippen LogP) is 5.18. The molecule has 9 atom stereocenters. The first-order valence-electron chi connectivity index (χ1n) is 12.1. The Balaban J connectivity index is 1.48. The summed E-state index contributed by atoms with van der Waals surface area (Å²) in [4.78, 5) is 0. The molecule has 162 valence electrons. The molecule has 28 heavy (non-hydrogen) atoms. The van der Waals surface area contributed by atoms with Crippen molar-refractivity contribution in [2.45, 2.75) is 110 Å². The number of fused-ring (bicyclic) bond motifs is 5. The first-order valence-corrected chi connectivity index (χ1v) is 12.1. The van der Waals surface area contributed by atoms with Gasteiger partial charge >= 0.3 is 0 Å². The van der Waals surface area contributed by atoms with Crippen LogP contribution >= 0.6 is 0 Å². The molecule has 3 nitrogen and oxygen atoms in total. The quantitative estimate of drug-likeness (QED) is 0.693. The second kappa shape index (κ2) is 7.24. The zero-order valence-corrected chi connectivity index (χ0v) is 18.9. The molecule has 0 aliphatic heterocycles. The molecule has 0 saturated heterocycles. The van der Waals surface area contributed by atoms with E-state index in [9.17, 15) is 10.2 Å². The molecule has 4 fully saturated rings. The molecule has 4 unspecified atom stereocenters. The normalized spacial score (nSPS) is 52.1. The molecule has 0 heterocycles. The molecule has 4 rings (SSSR count). The Morgan fingerprint density at radius 2 is 1.61 bits per heavy atom. The van der Waals surface area contributed by atoms with Gasteiger partial charge in [-0.2, -0.15) is 0 Å². The lowest BCUT2D eigenvalue weighted by Crippen LogP contribution is -2.56. The number of hydrogen-bond donors (Lipinski definition) is 2. The summed E-state index contributed by atoms with van der Waals surface area (Å²) in [6, 6.07) is 0. The third-order valence-corrected chi connectivity index (χ3v) is 10.1. The molecule has 2 N–H and O–H groups in total. The van der Waals surface area contributed by atoms with E-state index in [2.05, 4.69) is 34.6 Å². The molecule has 0 radical (unpaired) electrons. The Labute approximate surface area is 172 Å². The highest BCUT2D eigenvalue weighted by Gasteiger charge is 2.61. The molecular formula is C25H44O3. The molecule has 4 saturated carbocycles. The maximum atomic E-state index is 10.7. The summed E-state index contributed by atoms with van der Waals surface area (Å²) in [6.07, 6.45) is 10.9. The lowest BCUT2D eigenvalue weighted by molar-refractivity contribution is -0.158. The highest BCUT2D eigenvalue weighted by atomic mass is 16.5. The van der Waals surface area contributed by atoms with Crippen LogP contribution in [0.1, 0.15) is 92.4 Å². The summed E-state index contributed by atoms with van der Waals surface area (Å²) in [7, 11) is 0. The van der Waals surface area contributed by atoms with Crippen molar-refractivity contribution in [2.75, 3.05) is 6.61 Å². The fourth-order valence-electron chi connectivity index (χ4n) is 8.06. The minimum atomic E-state index is -0.441. The molecule has 0 amide bonds. The van der Waals surface area contributed by atoms with Crippen LogP contribution in [-0.4, -0.2) is 34.6 Å². The van der Waals surface area contributed by atoms with Crippen molar-refractivity contribution in [3.63, 3.8) is 0 Å². The van der Waals surface area contributed by atoms with Gasteiger partial charge in [-0.25, -0.2) is 0 Å². The molecule has 4 aliphatic carbocycles. The zero-order valence-electron chi connectivity index (χ0n) is 18.9. The maximum absolute atomic E-state index is 10.7. The van der Waals surface area contributed by atoms with Crippen LogP contribution in [-0.2, 0) is 4.74 Å². The van der Waals surface area contributed by atoms with E-state index in [1.807, 2.05) is 0 Å². The van der Waals surface area contributed by atoms with Crippen molar-refractivity contribution in [3.05, 3.63) is 0 Å². The minimum absolute atomic E-state index is 0.263. The topological polar surface area (TPSA) is 49.7 Å². The number of aliphatic hydroxyl groups excluding tert-OH is 1. The summed E-state index contributed by atoms with van der Waals surface area (Å²) in [5.41, 5.74) is 0.282. The summed E-state index contributed by atoms with van der Waals surface area (Å²) in [5, 5.41) is 20.9. The van der Waals surface area contributed by atoms with Crippen LogP contribution in [0, 0.1) is 40.4 Å². The third kappa shape index (κ3) is 3.38. The van der Waals surface area contributed by atoms with Gasteiger partial charge in [0.05, 0.1) is 24.4 Å². The van der Waals surface area contributed by atoms with Crippen molar-refractivity contribution in [1.29, 1.82) is 0 Å². The predicted molar refractivity (Wildman–Crippen MR) is 113 cm³/mol. The average Bonchev–Trinajstić information content (AvgIpc) is 2.96. The zero-order chi connectivity index (χ0) is 20.3. The van der Waals surface area contributed by atoms with Gasteiger partial charge in [0.25, 0.3) is 0 Å². The molecule has 0 bridgehead atoms. The number of hydrogen-bond acceptors (Lipinski definition) is 3. The van der Waals surface area contributed by atoms with Crippen LogP contribution in [0.25, 0.3) is 0 Å². The van der Waals surface area contributed by atoms with Gasteiger partial charge in [-0.05, 0) is 105 Å². The van der Waals surface area contributed by atoms with E-state index < -0.39 is 5.60 Å². The van der Waals surface area contributed by atoms with Gasteiger partial charge < -0.3 is 14.9 Å². The molecule has 0 spiro atoms. The first kappa shape index (κ1) is 21.1. The SMILES string of the molecule is CC(C)C(O)CO[C@H]1CCC2C3CC[C@H]4C[C@@](C)(O)CC[C@]4(C)C3CC[C@@]21C. The maximum Gasteiger partial charge on any atom is 0.0796 e. The fraction of sp³-hybridized carbons (Fsp3) is 1.00. The Morgan fingerprint density at radius 1 is 0.893 bits per heavy atom. The van der Waals surface area contributed by atoms with Gasteiger partial charge in [0.1, 0.15) is 0 Å². The average molecular weight is 393 g/mol. The Morgan fingerprint density at radius 3 is 2.32 bits per heavy atom. The summed E-state index contributed by atoms with van der Waals surface area (Å²) < 4.78 is 6.35. The fourth-order valence-corrected chi connectivity index (χ4v) is 8.06. The van der Waals surface area contributed by atoms with Crippen LogP contribution in [0.4, 0.5) is 0 Å². The highest BCUT2D eigenvalue weighted by Crippen LogP contribution is 2.67. The third-order valence-electron chi connectivity index (χ3n) is 10.1. The van der Waals surface area contributed by atoms with Crippen LogP contribution in [0.2, 0.25) is 0 Å². The smallest absolute Gasteiger partial charge is 0.0796 e. The van der Waals surface area contributed by atoms with Crippen LogP contribution < -0.4 is 0 Å². The number of rotatable bonds is 4. The van der Waals surface area contributed by atoms with E-state index in [-0.39, 0.29) is 12.0 Å². The van der Waals surface area contributed by atoms with E-state index >= 15 is 0 Å². The lowest BCUT2D eigenvalue weighted by Gasteiger charge is -2.61. The Bertz CT molecular complexity index is 572. The largest absolute Gasteiger partial charge is 0.390 e. The molecule has 4 aliphatic rings. The van der Waals surface area contributed by atoms with E-state index in [1.165, 1.54) is 44.9 Å². The summed E-state index contributed by atoms with van der Waals surface area (Å²) in [6.45, 7) is 11.7. The van der Waals surface area contributed by atoms with Crippen LogP contribution in [0.3, 0.4) is 0 Å². The monoisotopic (exact) mass is 392 g/mol. The second-order valence-electron chi connectivity index (χ2n) is 12.1. The Hall–Kier alpha value is -0.120. The molecule has 0 aromatic carbocycles.